The first kappa shape index (κ1) is 22.7. The van der Waals surface area contributed by atoms with Crippen LogP contribution in [0, 0.1) is 6.92 Å². The molecule has 0 unspecified atom stereocenters. The largest absolute Gasteiger partial charge is 0.288 e. The maximum absolute atomic E-state index is 13.3. The first-order valence-electron chi connectivity index (χ1n) is 10.8. The molecule has 3 aromatic carbocycles. The number of thiocarbonyl (C=S) groups is 1. The highest BCUT2D eigenvalue weighted by Crippen LogP contribution is 2.39. The molecule has 0 bridgehead atoms. The van der Waals surface area contributed by atoms with Crippen molar-refractivity contribution in [3.05, 3.63) is 113 Å². The third-order valence-corrected chi connectivity index (χ3v) is 7.83. The molecule has 7 heteroatoms. The molecule has 1 aliphatic rings. The van der Waals surface area contributed by atoms with Gasteiger partial charge in [-0.15, -0.1) is 0 Å². The van der Waals surface area contributed by atoms with Crippen LogP contribution in [-0.4, -0.2) is 24.9 Å². The van der Waals surface area contributed by atoms with Gasteiger partial charge in [-0.3, -0.25) is 9.69 Å². The summed E-state index contributed by atoms with van der Waals surface area (Å²) in [5.74, 6) is -0.0682. The molecule has 0 N–H and O–H groups in total. The highest BCUT2D eigenvalue weighted by molar-refractivity contribution is 8.26. The van der Waals surface area contributed by atoms with Crippen molar-refractivity contribution < 1.29 is 4.79 Å². The molecule has 34 heavy (non-hydrogen) atoms. The number of hydrogen-bond acceptors (Lipinski definition) is 5. The van der Waals surface area contributed by atoms with Crippen LogP contribution in [0.3, 0.4) is 0 Å². The minimum absolute atomic E-state index is 0.0682. The van der Waals surface area contributed by atoms with E-state index in [0.29, 0.717) is 15.8 Å². The number of para-hydroxylation sites is 1. The summed E-state index contributed by atoms with van der Waals surface area (Å²) in [6.07, 6.45) is 1.94. The minimum Gasteiger partial charge on any atom is -0.288 e. The summed E-state index contributed by atoms with van der Waals surface area (Å²) in [4.78, 5) is 16.7. The number of carbonyl (C=O) groups excluding carboxylic acids is 1. The number of rotatable bonds is 6. The van der Waals surface area contributed by atoms with Crippen LogP contribution in [-0.2, 0) is 11.3 Å². The lowest BCUT2D eigenvalue weighted by molar-refractivity contribution is -0.122. The molecule has 2 heterocycles. The Morgan fingerprint density at radius 1 is 0.941 bits per heavy atom. The van der Waals surface area contributed by atoms with E-state index in [1.807, 2.05) is 96.5 Å². The molecule has 1 fully saturated rings. The molecule has 1 aromatic heterocycles. The molecule has 5 rings (SSSR count). The summed E-state index contributed by atoms with van der Waals surface area (Å²) in [6, 6.07) is 30.2. The predicted octanol–water partition coefficient (Wildman–Crippen LogP) is 6.73. The van der Waals surface area contributed by atoms with E-state index in [0.717, 1.165) is 32.4 Å². The van der Waals surface area contributed by atoms with Crippen molar-refractivity contribution in [2.45, 2.75) is 23.4 Å². The first-order valence-corrected chi connectivity index (χ1v) is 12.8. The van der Waals surface area contributed by atoms with Crippen LogP contribution in [0.15, 0.2) is 106 Å². The summed E-state index contributed by atoms with van der Waals surface area (Å²) in [7, 11) is 0. The average Bonchev–Trinajstić information content (AvgIpc) is 3.31. The molecule has 4 aromatic rings. The Morgan fingerprint density at radius 2 is 1.56 bits per heavy atom. The van der Waals surface area contributed by atoms with Gasteiger partial charge in [-0.25, -0.2) is 4.68 Å². The zero-order chi connectivity index (χ0) is 23.5. The Hall–Kier alpha value is -3.13. The smallest absolute Gasteiger partial charge is 0.266 e. The van der Waals surface area contributed by atoms with Crippen LogP contribution in [0.2, 0.25) is 0 Å². The van der Waals surface area contributed by atoms with Crippen molar-refractivity contribution in [3.63, 3.8) is 0 Å². The van der Waals surface area contributed by atoms with Gasteiger partial charge in [0.15, 0.2) is 0 Å². The average molecular weight is 500 g/mol. The lowest BCUT2D eigenvalue weighted by atomic mass is 10.2. The van der Waals surface area contributed by atoms with Crippen molar-refractivity contribution in [2.75, 3.05) is 0 Å². The van der Waals surface area contributed by atoms with E-state index in [1.165, 1.54) is 11.8 Å². The van der Waals surface area contributed by atoms with Crippen LogP contribution in [0.1, 0.15) is 16.8 Å². The monoisotopic (exact) mass is 499 g/mol. The van der Waals surface area contributed by atoms with E-state index in [1.54, 1.807) is 16.7 Å². The van der Waals surface area contributed by atoms with Gasteiger partial charge in [-0.05, 0) is 42.8 Å². The molecule has 0 radical (unpaired) electrons. The van der Waals surface area contributed by atoms with Gasteiger partial charge in [0.1, 0.15) is 9.35 Å². The Labute approximate surface area is 212 Å². The Kier molecular flexibility index (Phi) is 6.67. The molecule has 168 valence electrons. The number of aromatic nitrogens is 2. The second-order valence-electron chi connectivity index (χ2n) is 7.72. The van der Waals surface area contributed by atoms with Crippen LogP contribution in [0.25, 0.3) is 11.8 Å². The zero-order valence-electron chi connectivity index (χ0n) is 18.4. The lowest BCUT2D eigenvalue weighted by Gasteiger charge is -2.14. The molecular weight excluding hydrogens is 479 g/mol. The van der Waals surface area contributed by atoms with Crippen LogP contribution in [0.4, 0.5) is 0 Å². The first-order chi connectivity index (χ1) is 16.6. The second-order valence-corrected chi connectivity index (χ2v) is 10.5. The number of nitrogens with zero attached hydrogens (tertiary/aromatic N) is 3. The van der Waals surface area contributed by atoms with E-state index < -0.39 is 0 Å². The molecule has 1 amide bonds. The number of aryl methyl sites for hydroxylation is 1. The van der Waals surface area contributed by atoms with E-state index in [2.05, 4.69) is 12.1 Å². The SMILES string of the molecule is Cc1nn(-c2ccccc2)c(Sc2ccccc2)c1C=C1SC(=S)N(Cc2ccccc2)C1=O. The number of benzene rings is 3. The standard InChI is InChI=1S/C27H21N3OS3/c1-19-23(17-24-25(31)29(27(32)34-24)18-20-11-5-2-6-12-20)26(33-22-15-9-4-10-16-22)30(28-19)21-13-7-3-8-14-21/h2-17H,18H2,1H3. The maximum Gasteiger partial charge on any atom is 0.266 e. The third kappa shape index (κ3) is 4.73. The Bertz CT molecular complexity index is 1370. The molecule has 0 atom stereocenters. The highest BCUT2D eigenvalue weighted by Gasteiger charge is 2.33. The van der Waals surface area contributed by atoms with E-state index >= 15 is 0 Å². The normalized spacial score (nSPS) is 14.9. The second kappa shape index (κ2) is 10.0. The fourth-order valence-corrected chi connectivity index (χ4v) is 5.96. The van der Waals surface area contributed by atoms with Crippen molar-refractivity contribution in [2.24, 2.45) is 0 Å². The van der Waals surface area contributed by atoms with E-state index in [-0.39, 0.29) is 5.91 Å². The van der Waals surface area contributed by atoms with Gasteiger partial charge in [-0.2, -0.15) is 5.10 Å². The zero-order valence-corrected chi connectivity index (χ0v) is 20.9. The summed E-state index contributed by atoms with van der Waals surface area (Å²) >= 11 is 8.55. The Morgan fingerprint density at radius 3 is 2.24 bits per heavy atom. The summed E-state index contributed by atoms with van der Waals surface area (Å²) in [5, 5.41) is 5.80. The summed E-state index contributed by atoms with van der Waals surface area (Å²) in [5.41, 5.74) is 3.81. The van der Waals surface area contributed by atoms with Gasteiger partial charge >= 0.3 is 0 Å². The van der Waals surface area contributed by atoms with Gasteiger partial charge in [-0.1, -0.05) is 102 Å². The number of hydrogen-bond donors (Lipinski definition) is 0. The molecule has 0 spiro atoms. The van der Waals surface area contributed by atoms with Gasteiger partial charge < -0.3 is 0 Å². The fraction of sp³-hybridized carbons (Fsp3) is 0.0741. The van der Waals surface area contributed by atoms with Gasteiger partial charge in [0.25, 0.3) is 5.91 Å². The minimum atomic E-state index is -0.0682. The van der Waals surface area contributed by atoms with Crippen molar-refractivity contribution >= 4 is 52.0 Å². The molecular formula is C27H21N3OS3. The van der Waals surface area contributed by atoms with Gasteiger partial charge in [0.05, 0.1) is 22.8 Å². The van der Waals surface area contributed by atoms with E-state index in [9.17, 15) is 4.79 Å². The summed E-state index contributed by atoms with van der Waals surface area (Å²) < 4.78 is 2.52. The van der Waals surface area contributed by atoms with Crippen LogP contribution >= 0.6 is 35.7 Å². The number of amides is 1. The molecule has 1 saturated heterocycles. The predicted molar refractivity (Wildman–Crippen MR) is 144 cm³/mol. The van der Waals surface area contributed by atoms with Gasteiger partial charge in [0, 0.05) is 10.5 Å². The highest BCUT2D eigenvalue weighted by atomic mass is 32.2. The van der Waals surface area contributed by atoms with Gasteiger partial charge in [0.2, 0.25) is 0 Å². The Balaban J connectivity index is 1.53. The van der Waals surface area contributed by atoms with Crippen LogP contribution < -0.4 is 0 Å². The van der Waals surface area contributed by atoms with Crippen molar-refractivity contribution in [1.29, 1.82) is 0 Å². The van der Waals surface area contributed by atoms with Crippen LogP contribution in [0.5, 0.6) is 0 Å². The fourth-order valence-electron chi connectivity index (χ4n) is 3.66. The maximum atomic E-state index is 13.3. The quantitative estimate of drug-likeness (QED) is 0.217. The third-order valence-electron chi connectivity index (χ3n) is 5.35. The molecule has 1 aliphatic heterocycles. The number of carbonyl (C=O) groups is 1. The van der Waals surface area contributed by atoms with Crippen molar-refractivity contribution in [3.8, 4) is 5.69 Å². The van der Waals surface area contributed by atoms with Crippen molar-refractivity contribution in [1.82, 2.24) is 14.7 Å². The lowest BCUT2D eigenvalue weighted by Crippen LogP contribution is -2.27. The molecule has 0 aliphatic carbocycles. The summed E-state index contributed by atoms with van der Waals surface area (Å²) in [6.45, 7) is 2.45. The van der Waals surface area contributed by atoms with E-state index in [4.69, 9.17) is 17.3 Å². The number of thioether (sulfide) groups is 1. The topological polar surface area (TPSA) is 38.1 Å². The molecule has 4 nitrogen and oxygen atoms in total. The molecule has 0 saturated carbocycles.